The molecule has 0 fully saturated rings. The topological polar surface area (TPSA) is 105 Å². The smallest absolute Gasteiger partial charge is 0.391 e. The van der Waals surface area contributed by atoms with Crippen LogP contribution in [-0.2, 0) is 18.4 Å². The van der Waals surface area contributed by atoms with Crippen LogP contribution >= 0.6 is 7.82 Å². The van der Waals surface area contributed by atoms with E-state index < -0.39 is 20.0 Å². The van der Waals surface area contributed by atoms with Gasteiger partial charge < -0.3 is 19.8 Å². The van der Waals surface area contributed by atoms with E-state index in [1.165, 1.54) is 340 Å². The van der Waals surface area contributed by atoms with Crippen molar-refractivity contribution in [1.29, 1.82) is 0 Å². The number of unbranched alkanes of at least 4 members (excludes halogenated alkanes) is 56. The Hall–Kier alpha value is -1.02. The molecule has 86 heavy (non-hydrogen) atoms. The number of phosphoric ester groups is 1. The van der Waals surface area contributed by atoms with Gasteiger partial charge in [-0.1, -0.05) is 385 Å². The standard InChI is InChI=1S/C77H153N2O6P/c1-6-8-10-12-14-16-18-20-22-24-26-28-30-32-33-34-35-36-37-38-39-40-41-42-43-44-45-47-49-51-53-55-57-59-61-63-65-67-69-71-77(81)78-75(74-85-86(82,83)84-73-72-79(3,4)5)76(80)70-68-66-64-62-60-58-56-54-52-50-48-46-31-29-27-25-23-21-19-17-15-13-11-9-7-2/h18,20,24,26,75-76,80H,6-17,19,21-23,25,27-74H2,1-5H3,(H-,78,81,82,83)/p+1/b20-18-,26-24-. The molecular weight excluding hydrogens is 1080 g/mol. The lowest BCUT2D eigenvalue weighted by atomic mass is 10.0. The number of carbonyl (C=O) groups is 1. The largest absolute Gasteiger partial charge is 0.472 e. The van der Waals surface area contributed by atoms with Crippen LogP contribution in [-0.4, -0.2) is 73.4 Å². The molecule has 0 radical (unpaired) electrons. The van der Waals surface area contributed by atoms with Crippen LogP contribution in [0.4, 0.5) is 0 Å². The van der Waals surface area contributed by atoms with Crippen LogP contribution < -0.4 is 5.32 Å². The summed E-state index contributed by atoms with van der Waals surface area (Å²) in [5, 5.41) is 14.2. The van der Waals surface area contributed by atoms with Gasteiger partial charge in [-0.15, -0.1) is 0 Å². The third kappa shape index (κ3) is 70.4. The summed E-state index contributed by atoms with van der Waals surface area (Å²) in [5.41, 5.74) is 0. The summed E-state index contributed by atoms with van der Waals surface area (Å²) >= 11 is 0. The monoisotopic (exact) mass is 1230 g/mol. The molecule has 8 nitrogen and oxygen atoms in total. The zero-order valence-electron chi connectivity index (χ0n) is 58.8. The zero-order valence-corrected chi connectivity index (χ0v) is 59.7. The highest BCUT2D eigenvalue weighted by Gasteiger charge is 2.28. The fourth-order valence-corrected chi connectivity index (χ4v) is 12.9. The van der Waals surface area contributed by atoms with Crippen molar-refractivity contribution in [1.82, 2.24) is 5.32 Å². The number of hydrogen-bond donors (Lipinski definition) is 3. The molecule has 0 aromatic rings. The van der Waals surface area contributed by atoms with Gasteiger partial charge in [0.1, 0.15) is 13.2 Å². The van der Waals surface area contributed by atoms with Crippen LogP contribution in [0, 0.1) is 0 Å². The van der Waals surface area contributed by atoms with Gasteiger partial charge in [0.15, 0.2) is 0 Å². The summed E-state index contributed by atoms with van der Waals surface area (Å²) in [6, 6.07) is -0.759. The van der Waals surface area contributed by atoms with Crippen LogP contribution in [0.1, 0.15) is 412 Å². The summed E-state index contributed by atoms with van der Waals surface area (Å²) in [6.45, 7) is 4.95. The normalized spacial score (nSPS) is 13.6. The Balaban J connectivity index is 3.89. The number of nitrogens with zero attached hydrogens (tertiary/aromatic N) is 1. The fraction of sp³-hybridized carbons (Fsp3) is 0.935. The van der Waals surface area contributed by atoms with Gasteiger partial charge in [-0.25, -0.2) is 4.57 Å². The lowest BCUT2D eigenvalue weighted by Crippen LogP contribution is -2.46. The summed E-state index contributed by atoms with van der Waals surface area (Å²) < 4.78 is 23.9. The zero-order chi connectivity index (χ0) is 62.6. The van der Waals surface area contributed by atoms with Crippen molar-refractivity contribution in [3.05, 3.63) is 24.3 Å². The van der Waals surface area contributed by atoms with Crippen LogP contribution in [0.5, 0.6) is 0 Å². The van der Waals surface area contributed by atoms with Crippen LogP contribution in [0.25, 0.3) is 0 Å². The molecule has 3 atom stereocenters. The van der Waals surface area contributed by atoms with Crippen molar-refractivity contribution in [2.45, 2.75) is 424 Å². The molecule has 0 saturated heterocycles. The van der Waals surface area contributed by atoms with Crippen molar-refractivity contribution >= 4 is 13.7 Å². The molecule has 0 aliphatic carbocycles. The molecular formula is C77H154N2O6P+. The number of hydrogen-bond acceptors (Lipinski definition) is 5. The molecule has 0 bridgehead atoms. The average Bonchev–Trinajstić information content (AvgIpc) is 3.70. The molecule has 3 unspecified atom stereocenters. The predicted octanol–water partition coefficient (Wildman–Crippen LogP) is 25.0. The molecule has 0 spiro atoms. The Morgan fingerprint density at radius 3 is 0.953 bits per heavy atom. The van der Waals surface area contributed by atoms with E-state index in [0.717, 1.165) is 44.9 Å². The molecule has 0 saturated carbocycles. The first kappa shape index (κ1) is 85.0. The Kier molecular flexibility index (Phi) is 67.5. The maximum Gasteiger partial charge on any atom is 0.472 e. The second kappa shape index (κ2) is 68.3. The highest BCUT2D eigenvalue weighted by Crippen LogP contribution is 2.43. The molecule has 9 heteroatoms. The minimum absolute atomic E-state index is 0.0783. The molecule has 0 rings (SSSR count). The molecule has 3 N–H and O–H groups in total. The van der Waals surface area contributed by atoms with Crippen molar-refractivity contribution < 1.29 is 32.9 Å². The van der Waals surface area contributed by atoms with E-state index in [1.807, 2.05) is 21.1 Å². The fourth-order valence-electron chi connectivity index (χ4n) is 12.2. The van der Waals surface area contributed by atoms with E-state index in [4.69, 9.17) is 9.05 Å². The van der Waals surface area contributed by atoms with Crippen molar-refractivity contribution in [3.8, 4) is 0 Å². The molecule has 1 amide bonds. The second-order valence-electron chi connectivity index (χ2n) is 28.1. The van der Waals surface area contributed by atoms with Crippen LogP contribution in [0.3, 0.4) is 0 Å². The number of aliphatic hydroxyl groups excluding tert-OH is 1. The Bertz CT molecular complexity index is 1450. The summed E-state index contributed by atoms with van der Waals surface area (Å²) in [7, 11) is 1.64. The Morgan fingerprint density at radius 1 is 0.395 bits per heavy atom. The second-order valence-corrected chi connectivity index (χ2v) is 29.5. The maximum atomic E-state index is 13.1. The van der Waals surface area contributed by atoms with Gasteiger partial charge in [0, 0.05) is 6.42 Å². The van der Waals surface area contributed by atoms with Crippen molar-refractivity contribution in [2.75, 3.05) is 40.9 Å². The van der Waals surface area contributed by atoms with E-state index in [9.17, 15) is 19.4 Å². The number of aliphatic hydroxyl groups is 1. The minimum Gasteiger partial charge on any atom is -0.391 e. The van der Waals surface area contributed by atoms with Crippen molar-refractivity contribution in [3.63, 3.8) is 0 Å². The summed E-state index contributed by atoms with van der Waals surface area (Å²) in [5.74, 6) is -0.134. The summed E-state index contributed by atoms with van der Waals surface area (Å²) in [4.78, 5) is 23.5. The lowest BCUT2D eigenvalue weighted by Gasteiger charge is -2.26. The summed E-state index contributed by atoms with van der Waals surface area (Å²) in [6.07, 6.45) is 90.3. The predicted molar refractivity (Wildman–Crippen MR) is 378 cm³/mol. The van der Waals surface area contributed by atoms with Crippen LogP contribution in [0.2, 0.25) is 0 Å². The Morgan fingerprint density at radius 2 is 0.663 bits per heavy atom. The van der Waals surface area contributed by atoms with Gasteiger partial charge in [0.25, 0.3) is 0 Å². The average molecular weight is 1240 g/mol. The van der Waals surface area contributed by atoms with Gasteiger partial charge >= 0.3 is 7.82 Å². The van der Waals surface area contributed by atoms with E-state index in [0.29, 0.717) is 23.9 Å². The van der Waals surface area contributed by atoms with Crippen LogP contribution in [0.15, 0.2) is 24.3 Å². The number of likely N-dealkylation sites (N-methyl/N-ethyl adjacent to an activating group) is 1. The molecule has 512 valence electrons. The Labute approximate surface area is 538 Å². The number of amides is 1. The molecule has 0 aliphatic rings. The number of nitrogens with one attached hydrogen (secondary N) is 1. The highest BCUT2D eigenvalue weighted by atomic mass is 31.2. The maximum absolute atomic E-state index is 13.1. The van der Waals surface area contributed by atoms with Gasteiger partial charge in [-0.2, -0.15) is 0 Å². The van der Waals surface area contributed by atoms with Gasteiger partial charge in [0.2, 0.25) is 5.91 Å². The number of phosphoric acid groups is 1. The lowest BCUT2D eigenvalue weighted by molar-refractivity contribution is -0.870. The van der Waals surface area contributed by atoms with Gasteiger partial charge in [-0.05, 0) is 44.9 Å². The quantitative estimate of drug-likeness (QED) is 0.0243. The molecule has 0 aliphatic heterocycles. The van der Waals surface area contributed by atoms with Crippen molar-refractivity contribution in [2.24, 2.45) is 0 Å². The first-order chi connectivity index (χ1) is 42.0. The molecule has 0 heterocycles. The first-order valence-corrected chi connectivity index (χ1v) is 40.2. The van der Waals surface area contributed by atoms with E-state index in [1.54, 1.807) is 0 Å². The SMILES string of the molecule is CCCCCCC/C=C\C/C=C\CCCCCCCCCCCCCCCCCCCCCCCCCCCCCC(=O)NC(COP(=O)(O)OCC[N+](C)(C)C)C(O)CCCCCCCCCCCCCCCCCCCCCCCCCCC. The number of quaternary nitrogens is 1. The molecule has 0 aromatic carbocycles. The van der Waals surface area contributed by atoms with Gasteiger partial charge in [0.05, 0.1) is 39.9 Å². The number of carbonyl (C=O) groups excluding carboxylic acids is 1. The van der Waals surface area contributed by atoms with E-state index >= 15 is 0 Å². The highest BCUT2D eigenvalue weighted by molar-refractivity contribution is 7.47. The first-order valence-electron chi connectivity index (χ1n) is 38.7. The van der Waals surface area contributed by atoms with Gasteiger partial charge in [-0.3, -0.25) is 13.8 Å². The third-order valence-electron chi connectivity index (χ3n) is 18.2. The third-order valence-corrected chi connectivity index (χ3v) is 19.2. The van der Waals surface area contributed by atoms with E-state index in [2.05, 4.69) is 43.5 Å². The minimum atomic E-state index is -4.33. The van der Waals surface area contributed by atoms with E-state index in [-0.39, 0.29) is 19.1 Å². The molecule has 0 aromatic heterocycles. The number of rotatable bonds is 73. The number of allylic oxidation sites excluding steroid dienone is 4.